The second-order valence-corrected chi connectivity index (χ2v) is 12.2. The average molecular weight is 536 g/mol. The molecule has 198 valence electrons. The van der Waals surface area contributed by atoms with Crippen LogP contribution in [0.25, 0.3) is 71.3 Å². The summed E-state index contributed by atoms with van der Waals surface area (Å²) in [4.78, 5) is 0. The van der Waals surface area contributed by atoms with Crippen LogP contribution in [0, 0.1) is 0 Å². The molecule has 7 aromatic carbocycles. The van der Waals surface area contributed by atoms with E-state index >= 15 is 0 Å². The molecule has 1 aliphatic carbocycles. The molecule has 1 heterocycles. The SMILES string of the molecule is CC1(C)c2ccccc2-c2c3c1cccc3cc1c2c2cc3ccccc3cc2n1-c1cccc(-c2ccccc2)c1. The number of hydrogen-bond acceptors (Lipinski definition) is 0. The molecule has 0 atom stereocenters. The van der Waals surface area contributed by atoms with Gasteiger partial charge in [-0.05, 0) is 79.7 Å². The Kier molecular flexibility index (Phi) is 4.73. The summed E-state index contributed by atoms with van der Waals surface area (Å²) in [5.74, 6) is 0. The topological polar surface area (TPSA) is 4.93 Å². The molecule has 0 unspecified atom stereocenters. The zero-order valence-corrected chi connectivity index (χ0v) is 23.7. The highest BCUT2D eigenvalue weighted by atomic mass is 15.0. The normalized spacial score (nSPS) is 13.7. The van der Waals surface area contributed by atoms with Crippen molar-refractivity contribution in [2.45, 2.75) is 19.3 Å². The monoisotopic (exact) mass is 535 g/mol. The summed E-state index contributed by atoms with van der Waals surface area (Å²) in [6.07, 6.45) is 0. The third-order valence-corrected chi connectivity index (χ3v) is 9.51. The van der Waals surface area contributed by atoms with Gasteiger partial charge in [0.05, 0.1) is 11.0 Å². The molecule has 0 radical (unpaired) electrons. The van der Waals surface area contributed by atoms with E-state index in [0.29, 0.717) is 0 Å². The smallest absolute Gasteiger partial charge is 0.0553 e. The Morgan fingerprint density at radius 2 is 1.12 bits per heavy atom. The fourth-order valence-electron chi connectivity index (χ4n) is 7.55. The summed E-state index contributed by atoms with van der Waals surface area (Å²) in [6.45, 7) is 4.75. The first-order chi connectivity index (χ1) is 20.6. The van der Waals surface area contributed by atoms with E-state index in [1.165, 1.54) is 82.4 Å². The van der Waals surface area contributed by atoms with E-state index in [2.05, 4.69) is 158 Å². The predicted octanol–water partition coefficient (Wildman–Crippen LogP) is 11.1. The zero-order valence-electron chi connectivity index (χ0n) is 23.7. The molecule has 0 bridgehead atoms. The Labute approximate surface area is 245 Å². The number of aromatic nitrogens is 1. The van der Waals surface area contributed by atoms with Crippen LogP contribution >= 0.6 is 0 Å². The van der Waals surface area contributed by atoms with Gasteiger partial charge in [0.25, 0.3) is 0 Å². The second kappa shape index (κ2) is 8.44. The van der Waals surface area contributed by atoms with E-state index in [9.17, 15) is 0 Å². The molecule has 9 rings (SSSR count). The maximum Gasteiger partial charge on any atom is 0.0553 e. The van der Waals surface area contributed by atoms with Gasteiger partial charge in [-0.2, -0.15) is 0 Å². The molecule has 0 spiro atoms. The number of rotatable bonds is 2. The largest absolute Gasteiger partial charge is 0.309 e. The van der Waals surface area contributed by atoms with Crippen LogP contribution in [0.4, 0.5) is 0 Å². The molecule has 1 nitrogen and oxygen atoms in total. The van der Waals surface area contributed by atoms with Crippen molar-refractivity contribution in [1.82, 2.24) is 4.57 Å². The minimum Gasteiger partial charge on any atom is -0.309 e. The summed E-state index contributed by atoms with van der Waals surface area (Å²) in [5.41, 5.74) is 11.6. The first-order valence-electron chi connectivity index (χ1n) is 14.8. The van der Waals surface area contributed by atoms with E-state index in [1.54, 1.807) is 0 Å². The maximum absolute atomic E-state index is 2.49. The lowest BCUT2D eigenvalue weighted by atomic mass is 9.68. The van der Waals surface area contributed by atoms with Gasteiger partial charge in [-0.3, -0.25) is 0 Å². The Bertz CT molecular complexity index is 2370. The highest BCUT2D eigenvalue weighted by molar-refractivity contribution is 6.26. The second-order valence-electron chi connectivity index (χ2n) is 12.2. The lowest BCUT2D eigenvalue weighted by Gasteiger charge is -2.35. The van der Waals surface area contributed by atoms with Gasteiger partial charge < -0.3 is 4.57 Å². The van der Waals surface area contributed by atoms with Gasteiger partial charge in [0, 0.05) is 27.4 Å². The van der Waals surface area contributed by atoms with Crippen LogP contribution in [0.2, 0.25) is 0 Å². The molecule has 1 aliphatic rings. The van der Waals surface area contributed by atoms with Gasteiger partial charge in [-0.15, -0.1) is 0 Å². The Hall–Kier alpha value is -5.14. The summed E-state index contributed by atoms with van der Waals surface area (Å²) in [5, 5.41) is 7.85. The van der Waals surface area contributed by atoms with Gasteiger partial charge in [-0.25, -0.2) is 0 Å². The van der Waals surface area contributed by atoms with Gasteiger partial charge in [0.15, 0.2) is 0 Å². The van der Waals surface area contributed by atoms with Crippen LogP contribution < -0.4 is 0 Å². The molecule has 8 aromatic rings. The van der Waals surface area contributed by atoms with Crippen molar-refractivity contribution in [3.63, 3.8) is 0 Å². The minimum atomic E-state index is -0.0775. The predicted molar refractivity (Wildman–Crippen MR) is 179 cm³/mol. The molecule has 0 N–H and O–H groups in total. The van der Waals surface area contributed by atoms with Crippen molar-refractivity contribution in [2.75, 3.05) is 0 Å². The van der Waals surface area contributed by atoms with Crippen LogP contribution in [-0.4, -0.2) is 4.57 Å². The van der Waals surface area contributed by atoms with Crippen LogP contribution in [0.5, 0.6) is 0 Å². The molecular weight excluding hydrogens is 506 g/mol. The van der Waals surface area contributed by atoms with Crippen LogP contribution in [0.1, 0.15) is 25.0 Å². The van der Waals surface area contributed by atoms with Crippen molar-refractivity contribution in [3.05, 3.63) is 151 Å². The molecular formula is C41H29N. The molecule has 1 aromatic heterocycles. The van der Waals surface area contributed by atoms with E-state index in [-0.39, 0.29) is 5.41 Å². The van der Waals surface area contributed by atoms with E-state index in [1.807, 2.05) is 0 Å². The summed E-state index contributed by atoms with van der Waals surface area (Å²) < 4.78 is 2.49. The van der Waals surface area contributed by atoms with Gasteiger partial charge >= 0.3 is 0 Å². The van der Waals surface area contributed by atoms with Crippen molar-refractivity contribution >= 4 is 43.4 Å². The fourth-order valence-corrected chi connectivity index (χ4v) is 7.55. The summed E-state index contributed by atoms with van der Waals surface area (Å²) in [6, 6.07) is 51.6. The van der Waals surface area contributed by atoms with E-state index in [0.717, 1.165) is 0 Å². The maximum atomic E-state index is 2.49. The number of hydrogen-bond donors (Lipinski definition) is 0. The van der Waals surface area contributed by atoms with Crippen molar-refractivity contribution in [3.8, 4) is 27.9 Å². The standard InChI is InChI=1S/C41H29N/c1-41(2)34-20-9-8-19-32(34)40-38-30(17-11-21-35(38)41)25-37-39(40)33-23-28-14-6-7-15-29(28)24-36(33)42(37)31-18-10-16-27(22-31)26-12-4-3-5-13-26/h3-25H,1-2H3. The Morgan fingerprint density at radius 3 is 1.98 bits per heavy atom. The molecule has 1 heteroatoms. The minimum absolute atomic E-state index is 0.0775. The van der Waals surface area contributed by atoms with Gasteiger partial charge in [0.2, 0.25) is 0 Å². The van der Waals surface area contributed by atoms with Crippen LogP contribution in [0.3, 0.4) is 0 Å². The van der Waals surface area contributed by atoms with E-state index < -0.39 is 0 Å². The highest BCUT2D eigenvalue weighted by Gasteiger charge is 2.35. The molecule has 0 saturated heterocycles. The van der Waals surface area contributed by atoms with Gasteiger partial charge in [-0.1, -0.05) is 123 Å². The quantitative estimate of drug-likeness (QED) is 0.207. The fraction of sp³-hybridized carbons (Fsp3) is 0.0732. The third-order valence-electron chi connectivity index (χ3n) is 9.51. The van der Waals surface area contributed by atoms with Gasteiger partial charge in [0.1, 0.15) is 0 Å². The molecule has 0 aliphatic heterocycles. The van der Waals surface area contributed by atoms with Crippen molar-refractivity contribution in [1.29, 1.82) is 0 Å². The first-order valence-corrected chi connectivity index (χ1v) is 14.8. The lowest BCUT2D eigenvalue weighted by Crippen LogP contribution is -2.23. The summed E-state index contributed by atoms with van der Waals surface area (Å²) in [7, 11) is 0. The zero-order chi connectivity index (χ0) is 28.0. The molecule has 42 heavy (non-hydrogen) atoms. The number of nitrogens with zero attached hydrogens (tertiary/aromatic N) is 1. The van der Waals surface area contributed by atoms with Crippen LogP contribution in [-0.2, 0) is 5.41 Å². The first kappa shape index (κ1) is 23.6. The average Bonchev–Trinajstić information content (AvgIpc) is 3.35. The third kappa shape index (κ3) is 3.14. The van der Waals surface area contributed by atoms with Crippen LogP contribution in [0.15, 0.2) is 140 Å². The summed E-state index contributed by atoms with van der Waals surface area (Å²) >= 11 is 0. The Balaban J connectivity index is 1.50. The number of benzene rings is 7. The molecule has 0 fully saturated rings. The molecule has 0 amide bonds. The lowest BCUT2D eigenvalue weighted by molar-refractivity contribution is 0.645. The molecule has 0 saturated carbocycles. The highest BCUT2D eigenvalue weighted by Crippen LogP contribution is 2.53. The van der Waals surface area contributed by atoms with E-state index in [4.69, 9.17) is 0 Å². The number of fused-ring (bicyclic) bond motifs is 7. The van der Waals surface area contributed by atoms with Crippen molar-refractivity contribution in [2.24, 2.45) is 0 Å². The Morgan fingerprint density at radius 1 is 0.476 bits per heavy atom. The van der Waals surface area contributed by atoms with Crippen molar-refractivity contribution < 1.29 is 0 Å².